The van der Waals surface area contributed by atoms with Gasteiger partial charge >= 0.3 is 0 Å². The van der Waals surface area contributed by atoms with E-state index >= 15 is 0 Å². The zero-order valence-corrected chi connectivity index (χ0v) is 18.0. The highest BCUT2D eigenvalue weighted by Crippen LogP contribution is 2.21. The fourth-order valence-corrected chi connectivity index (χ4v) is 3.42. The van der Waals surface area contributed by atoms with Crippen molar-refractivity contribution >= 4 is 27.7 Å². The summed E-state index contributed by atoms with van der Waals surface area (Å²) in [7, 11) is -1.67. The molecule has 0 spiro atoms. The first-order chi connectivity index (χ1) is 15.3. The molecule has 4 rings (SSSR count). The zero-order valence-electron chi connectivity index (χ0n) is 17.2. The molecule has 166 valence electrons. The minimum Gasteiger partial charge on any atom is -0.363 e. The van der Waals surface area contributed by atoms with E-state index in [2.05, 4.69) is 35.5 Å². The molecule has 3 heterocycles. The second-order valence-electron chi connectivity index (χ2n) is 6.96. The Hall–Kier alpha value is -4.00. The molecule has 13 heteroatoms. The van der Waals surface area contributed by atoms with Crippen molar-refractivity contribution in [3.8, 4) is 11.1 Å². The van der Waals surface area contributed by atoms with Crippen LogP contribution in [-0.2, 0) is 23.6 Å². The molecule has 3 aromatic heterocycles. The molecule has 1 aromatic carbocycles. The first kappa shape index (κ1) is 21.2. The molecule has 0 unspecified atom stereocenters. The molecule has 0 bridgehead atoms. The average molecular weight is 457 g/mol. The molecule has 0 atom stereocenters. The summed E-state index contributed by atoms with van der Waals surface area (Å²) in [6, 6.07) is 7.78. The number of aryl methyl sites for hydroxylation is 1. The fourth-order valence-electron chi connectivity index (χ4n) is 2.92. The first-order valence-corrected chi connectivity index (χ1v) is 11.3. The molecule has 3 N–H and O–H groups in total. The topological polar surface area (TPSA) is 132 Å². The van der Waals surface area contributed by atoms with Crippen LogP contribution in [0.15, 0.2) is 55.2 Å². The Labute approximate surface area is 183 Å². The van der Waals surface area contributed by atoms with Gasteiger partial charge in [-0.15, -0.1) is 0 Å². The lowest BCUT2D eigenvalue weighted by Crippen LogP contribution is -2.22. The van der Waals surface area contributed by atoms with Crippen molar-refractivity contribution in [1.29, 1.82) is 0 Å². The predicted octanol–water partition coefficient (Wildman–Crippen LogP) is 2.07. The van der Waals surface area contributed by atoms with Crippen molar-refractivity contribution in [2.24, 2.45) is 7.05 Å². The van der Waals surface area contributed by atoms with Gasteiger partial charge < -0.3 is 5.32 Å². The Morgan fingerprint density at radius 2 is 2.00 bits per heavy atom. The van der Waals surface area contributed by atoms with Gasteiger partial charge in [-0.1, -0.05) is 18.2 Å². The molecule has 0 saturated carbocycles. The van der Waals surface area contributed by atoms with Gasteiger partial charge in [0, 0.05) is 37.7 Å². The molecule has 0 saturated heterocycles. The molecular weight excluding hydrogens is 437 g/mol. The third kappa shape index (κ3) is 5.18. The smallest absolute Gasteiger partial charge is 0.243 e. The monoisotopic (exact) mass is 457 g/mol. The van der Waals surface area contributed by atoms with E-state index in [0.29, 0.717) is 6.54 Å². The number of sulfonamides is 1. The summed E-state index contributed by atoms with van der Waals surface area (Å²) in [5, 5.41) is 9.90. The number of aromatic nitrogens is 6. The highest BCUT2D eigenvalue weighted by Gasteiger charge is 2.12. The van der Waals surface area contributed by atoms with Crippen molar-refractivity contribution in [2.45, 2.75) is 6.54 Å². The molecular formula is C19H20FN9O2S. The number of rotatable bonds is 8. The summed E-state index contributed by atoms with van der Waals surface area (Å²) >= 11 is 0. The largest absolute Gasteiger partial charge is 0.363 e. The summed E-state index contributed by atoms with van der Waals surface area (Å²) in [6.45, 7) is 0.325. The lowest BCUT2D eigenvalue weighted by molar-refractivity contribution is 0.601. The summed E-state index contributed by atoms with van der Waals surface area (Å²) < 4.78 is 40.0. The Morgan fingerprint density at radius 3 is 2.75 bits per heavy atom. The number of nitrogens with zero attached hydrogens (tertiary/aromatic N) is 6. The fraction of sp³-hybridized carbons (Fsp3) is 0.158. The summed E-state index contributed by atoms with van der Waals surface area (Å²) in [5.41, 5.74) is 2.90. The average Bonchev–Trinajstić information content (AvgIpc) is 3.36. The minimum absolute atomic E-state index is 0.0107. The van der Waals surface area contributed by atoms with Crippen LogP contribution in [0.25, 0.3) is 11.1 Å². The molecule has 0 radical (unpaired) electrons. The van der Waals surface area contributed by atoms with Crippen LogP contribution in [0.2, 0.25) is 0 Å². The van der Waals surface area contributed by atoms with Crippen LogP contribution in [0.5, 0.6) is 0 Å². The van der Waals surface area contributed by atoms with E-state index in [4.69, 9.17) is 0 Å². The van der Waals surface area contributed by atoms with E-state index in [1.807, 2.05) is 37.5 Å². The lowest BCUT2D eigenvalue weighted by atomic mass is 10.1. The van der Waals surface area contributed by atoms with Crippen molar-refractivity contribution in [3.05, 3.63) is 66.6 Å². The number of benzene rings is 1. The van der Waals surface area contributed by atoms with Gasteiger partial charge in [-0.2, -0.15) is 10.1 Å². The molecule has 11 nitrogen and oxygen atoms in total. The van der Waals surface area contributed by atoms with Gasteiger partial charge in [0.25, 0.3) is 0 Å². The highest BCUT2D eigenvalue weighted by atomic mass is 32.2. The molecule has 0 aliphatic heterocycles. The summed E-state index contributed by atoms with van der Waals surface area (Å²) in [5.74, 6) is -0.474. The van der Waals surface area contributed by atoms with Crippen LogP contribution in [-0.4, -0.2) is 44.1 Å². The molecule has 0 amide bonds. The first-order valence-electron chi connectivity index (χ1n) is 9.39. The number of halogens is 1. The Kier molecular flexibility index (Phi) is 5.73. The van der Waals surface area contributed by atoms with Gasteiger partial charge in [-0.25, -0.2) is 32.3 Å². The Morgan fingerprint density at radius 1 is 1.16 bits per heavy atom. The SMILES string of the molecule is Cn1cc(-c2cccc(CNc3nc(Nc4nccn4NS(C)(=O)=O)ncc3F)c2)cn1. The predicted molar refractivity (Wildman–Crippen MR) is 118 cm³/mol. The minimum atomic E-state index is -3.52. The normalized spacial score (nSPS) is 11.3. The summed E-state index contributed by atoms with van der Waals surface area (Å²) in [4.78, 5) is 14.3. The van der Waals surface area contributed by atoms with E-state index < -0.39 is 15.8 Å². The Bertz CT molecular complexity index is 1350. The summed E-state index contributed by atoms with van der Waals surface area (Å²) in [6.07, 6.45) is 8.51. The van der Waals surface area contributed by atoms with Gasteiger partial charge in [0.2, 0.25) is 21.9 Å². The van der Waals surface area contributed by atoms with E-state index in [-0.39, 0.29) is 17.7 Å². The maximum atomic E-state index is 14.3. The van der Waals surface area contributed by atoms with Gasteiger partial charge in [0.15, 0.2) is 11.6 Å². The van der Waals surface area contributed by atoms with Gasteiger partial charge in [-0.3, -0.25) is 10.00 Å². The second kappa shape index (κ2) is 8.63. The highest BCUT2D eigenvalue weighted by molar-refractivity contribution is 7.91. The second-order valence-corrected chi connectivity index (χ2v) is 8.68. The van der Waals surface area contributed by atoms with E-state index in [9.17, 15) is 12.8 Å². The third-order valence-corrected chi connectivity index (χ3v) is 4.83. The number of imidazole rings is 1. The maximum Gasteiger partial charge on any atom is 0.243 e. The zero-order chi connectivity index (χ0) is 22.7. The third-order valence-electron chi connectivity index (χ3n) is 4.30. The molecule has 0 aliphatic rings. The molecule has 0 fully saturated rings. The standard InChI is InChI=1S/C19H20FN9O2S/c1-28-12-15(10-24-28)14-5-3-4-13(8-14)9-22-17-16(20)11-23-18(25-17)26-19-21-6-7-29(19)27-32(2,30)31/h3-8,10-12,27H,9H2,1-2H3,(H2,21,22,23,25,26). The number of hydrogen-bond acceptors (Lipinski definition) is 8. The number of anilines is 3. The van der Waals surface area contributed by atoms with Crippen LogP contribution in [0.3, 0.4) is 0 Å². The van der Waals surface area contributed by atoms with Crippen molar-refractivity contribution < 1.29 is 12.8 Å². The van der Waals surface area contributed by atoms with Gasteiger partial charge in [0.1, 0.15) is 0 Å². The van der Waals surface area contributed by atoms with E-state index in [1.54, 1.807) is 10.9 Å². The quantitative estimate of drug-likeness (QED) is 0.366. The van der Waals surface area contributed by atoms with E-state index in [0.717, 1.165) is 33.8 Å². The lowest BCUT2D eigenvalue weighted by Gasteiger charge is -2.11. The van der Waals surface area contributed by atoms with Crippen LogP contribution in [0.1, 0.15) is 5.56 Å². The van der Waals surface area contributed by atoms with Crippen LogP contribution in [0.4, 0.5) is 22.1 Å². The molecule has 32 heavy (non-hydrogen) atoms. The maximum absolute atomic E-state index is 14.3. The van der Waals surface area contributed by atoms with Crippen LogP contribution >= 0.6 is 0 Å². The molecule has 0 aliphatic carbocycles. The number of nitrogens with one attached hydrogen (secondary N) is 3. The number of hydrogen-bond donors (Lipinski definition) is 3. The van der Waals surface area contributed by atoms with Gasteiger partial charge in [0.05, 0.1) is 18.6 Å². The van der Waals surface area contributed by atoms with Crippen molar-refractivity contribution in [1.82, 2.24) is 29.4 Å². The van der Waals surface area contributed by atoms with Crippen molar-refractivity contribution in [2.75, 3.05) is 21.7 Å². The van der Waals surface area contributed by atoms with Gasteiger partial charge in [-0.05, 0) is 17.2 Å². The van der Waals surface area contributed by atoms with E-state index in [1.165, 1.54) is 12.4 Å². The van der Waals surface area contributed by atoms with Crippen LogP contribution in [0, 0.1) is 5.82 Å². The van der Waals surface area contributed by atoms with Crippen molar-refractivity contribution in [3.63, 3.8) is 0 Å². The molecule has 4 aromatic rings. The Balaban J connectivity index is 1.48. The van der Waals surface area contributed by atoms with Crippen LogP contribution < -0.4 is 15.5 Å².